The van der Waals surface area contributed by atoms with Crippen molar-refractivity contribution < 1.29 is 39.0 Å². The monoisotopic (exact) mass is 744 g/mol. The molecule has 0 aromatic heterocycles. The molecule has 4 aromatic carbocycles. The number of rotatable bonds is 8. The van der Waals surface area contributed by atoms with Crippen LogP contribution in [0.4, 0.5) is 0 Å². The standard InChI is InChI=1S/2C17H20.2C2H6.2CH3.2Rh/c2*1-3-14-5-9-16(10-6-14)13-17-11-7-15(4-2)8-12-17;2*1-2;;;;/h2*5-12H,3-4,13H2,1-2H3;2*1-2H3;2*1H3;;/q;;;;2*-1;;. The fraction of sp³-hybridized carbons (Fsp3) is 0.350. The molecule has 0 amide bonds. The van der Waals surface area contributed by atoms with Crippen molar-refractivity contribution in [2.24, 2.45) is 0 Å². The Morgan fingerprint density at radius 3 is 0.524 bits per heavy atom. The molecule has 0 fully saturated rings. The topological polar surface area (TPSA) is 0 Å². The Labute approximate surface area is 287 Å². The Morgan fingerprint density at radius 1 is 0.286 bits per heavy atom. The van der Waals surface area contributed by atoms with E-state index in [9.17, 15) is 0 Å². The van der Waals surface area contributed by atoms with E-state index in [1.807, 2.05) is 27.7 Å². The van der Waals surface area contributed by atoms with Gasteiger partial charge in [0, 0.05) is 39.0 Å². The number of benzene rings is 4. The van der Waals surface area contributed by atoms with Crippen LogP contribution >= 0.6 is 0 Å². The SMILES string of the molecule is CC.CC.CCc1ccc(Cc2ccc(CC)cc2)cc1.CCc1ccc(Cc2ccc(CC)cc2)cc1.[CH3-].[CH3-].[Rh].[Rh]. The molecule has 0 heterocycles. The van der Waals surface area contributed by atoms with E-state index in [1.165, 1.54) is 44.5 Å². The van der Waals surface area contributed by atoms with Crippen molar-refractivity contribution in [2.75, 3.05) is 0 Å². The van der Waals surface area contributed by atoms with Gasteiger partial charge in [0.2, 0.25) is 0 Å². The predicted octanol–water partition coefficient (Wildman–Crippen LogP) is 11.8. The van der Waals surface area contributed by atoms with E-state index in [0.717, 1.165) is 38.5 Å². The minimum absolute atomic E-state index is 0. The molecule has 42 heavy (non-hydrogen) atoms. The van der Waals surface area contributed by atoms with Crippen molar-refractivity contribution in [3.63, 3.8) is 0 Å². The first-order chi connectivity index (χ1) is 18.6. The summed E-state index contributed by atoms with van der Waals surface area (Å²) >= 11 is 0. The van der Waals surface area contributed by atoms with Crippen LogP contribution in [0.2, 0.25) is 0 Å². The third kappa shape index (κ3) is 17.9. The average Bonchev–Trinajstić information content (AvgIpc) is 3.01. The second kappa shape index (κ2) is 29.2. The van der Waals surface area contributed by atoms with Gasteiger partial charge in [0.15, 0.2) is 0 Å². The van der Waals surface area contributed by atoms with Crippen LogP contribution < -0.4 is 0 Å². The molecule has 0 atom stereocenters. The van der Waals surface area contributed by atoms with Gasteiger partial charge >= 0.3 is 0 Å². The molecule has 0 N–H and O–H groups in total. The molecule has 4 aromatic rings. The van der Waals surface area contributed by atoms with E-state index in [-0.39, 0.29) is 53.8 Å². The smallest absolute Gasteiger partial charge is 0 e. The van der Waals surface area contributed by atoms with Crippen LogP contribution in [-0.4, -0.2) is 0 Å². The van der Waals surface area contributed by atoms with Crippen LogP contribution in [0.5, 0.6) is 0 Å². The summed E-state index contributed by atoms with van der Waals surface area (Å²) in [5, 5.41) is 0. The van der Waals surface area contributed by atoms with Crippen LogP contribution in [0.25, 0.3) is 0 Å². The average molecular weight is 745 g/mol. The van der Waals surface area contributed by atoms with Gasteiger partial charge in [-0.05, 0) is 83.0 Å². The summed E-state index contributed by atoms with van der Waals surface area (Å²) in [6.45, 7) is 16.8. The van der Waals surface area contributed by atoms with Crippen molar-refractivity contribution >= 4 is 0 Å². The second-order valence-corrected chi connectivity index (χ2v) is 9.03. The molecule has 2 heteroatoms. The second-order valence-electron chi connectivity index (χ2n) is 9.03. The Balaban J connectivity index is -0.000000283. The molecule has 0 nitrogen and oxygen atoms in total. The molecule has 0 unspecified atom stereocenters. The van der Waals surface area contributed by atoms with E-state index in [0.29, 0.717) is 0 Å². The van der Waals surface area contributed by atoms with E-state index in [2.05, 4.69) is 125 Å². The summed E-state index contributed by atoms with van der Waals surface area (Å²) in [5.74, 6) is 0. The Kier molecular flexibility index (Phi) is 32.7. The number of hydrogen-bond acceptors (Lipinski definition) is 0. The van der Waals surface area contributed by atoms with Gasteiger partial charge in [-0.25, -0.2) is 0 Å². The zero-order chi connectivity index (χ0) is 28.2. The first kappa shape index (κ1) is 47.1. The van der Waals surface area contributed by atoms with E-state index < -0.39 is 0 Å². The molecule has 4 rings (SSSR count). The van der Waals surface area contributed by atoms with E-state index in [4.69, 9.17) is 0 Å². The molecule has 0 saturated carbocycles. The predicted molar refractivity (Wildman–Crippen MR) is 184 cm³/mol. The van der Waals surface area contributed by atoms with Gasteiger partial charge in [0.1, 0.15) is 0 Å². The quantitative estimate of drug-likeness (QED) is 0.124. The van der Waals surface area contributed by atoms with Crippen molar-refractivity contribution in [1.82, 2.24) is 0 Å². The maximum absolute atomic E-state index is 2.24. The van der Waals surface area contributed by atoms with Crippen LogP contribution in [0, 0.1) is 14.9 Å². The van der Waals surface area contributed by atoms with Gasteiger partial charge < -0.3 is 14.9 Å². The van der Waals surface area contributed by atoms with Gasteiger partial charge in [-0.2, -0.15) is 0 Å². The molecule has 238 valence electrons. The third-order valence-electron chi connectivity index (χ3n) is 6.54. The molecule has 0 bridgehead atoms. The summed E-state index contributed by atoms with van der Waals surface area (Å²) < 4.78 is 0. The van der Waals surface area contributed by atoms with Crippen LogP contribution in [-0.2, 0) is 77.5 Å². The van der Waals surface area contributed by atoms with Gasteiger partial charge in [-0.3, -0.25) is 0 Å². The molecule has 0 aliphatic heterocycles. The fourth-order valence-corrected chi connectivity index (χ4v) is 4.04. The van der Waals surface area contributed by atoms with Gasteiger partial charge in [0.25, 0.3) is 0 Å². The summed E-state index contributed by atoms with van der Waals surface area (Å²) in [5.41, 5.74) is 11.2. The first-order valence-electron chi connectivity index (χ1n) is 14.9. The van der Waals surface area contributed by atoms with Crippen LogP contribution in [0.3, 0.4) is 0 Å². The van der Waals surface area contributed by atoms with Crippen molar-refractivity contribution in [1.29, 1.82) is 0 Å². The molecular weight excluding hydrogens is 686 g/mol. The minimum Gasteiger partial charge on any atom is -0.358 e. The molecule has 0 spiro atoms. The molecule has 0 aliphatic rings. The Bertz CT molecular complexity index is 910. The first-order valence-corrected chi connectivity index (χ1v) is 14.9. The zero-order valence-electron chi connectivity index (χ0n) is 28.1. The molecule has 0 saturated heterocycles. The zero-order valence-corrected chi connectivity index (χ0v) is 31.4. The summed E-state index contributed by atoms with van der Waals surface area (Å²) in [6.07, 6.45) is 6.54. The summed E-state index contributed by atoms with van der Waals surface area (Å²) in [6, 6.07) is 35.8. The van der Waals surface area contributed by atoms with Gasteiger partial charge in [-0.15, -0.1) is 0 Å². The maximum Gasteiger partial charge on any atom is 0 e. The normalized spacial score (nSPS) is 8.76. The molecule has 2 radical (unpaired) electrons. The fourth-order valence-electron chi connectivity index (χ4n) is 4.04. The number of aryl methyl sites for hydroxylation is 4. The largest absolute Gasteiger partial charge is 0.358 e. The van der Waals surface area contributed by atoms with Crippen molar-refractivity contribution in [3.8, 4) is 0 Å². The number of hydrogen-bond donors (Lipinski definition) is 0. The molecular formula is C40H58Rh2-2. The summed E-state index contributed by atoms with van der Waals surface area (Å²) in [4.78, 5) is 0. The summed E-state index contributed by atoms with van der Waals surface area (Å²) in [7, 11) is 0. The Morgan fingerprint density at radius 2 is 0.405 bits per heavy atom. The van der Waals surface area contributed by atoms with Crippen LogP contribution in [0.1, 0.15) is 99.9 Å². The van der Waals surface area contributed by atoms with Crippen molar-refractivity contribution in [3.05, 3.63) is 156 Å². The molecule has 0 aliphatic carbocycles. The third-order valence-corrected chi connectivity index (χ3v) is 6.54. The van der Waals surface area contributed by atoms with E-state index >= 15 is 0 Å². The van der Waals surface area contributed by atoms with Crippen molar-refractivity contribution in [2.45, 2.75) is 93.9 Å². The maximum atomic E-state index is 2.24. The van der Waals surface area contributed by atoms with Gasteiger partial charge in [-0.1, -0.05) is 152 Å². The Hall–Kier alpha value is -1.87. The minimum atomic E-state index is 0. The van der Waals surface area contributed by atoms with E-state index in [1.54, 1.807) is 0 Å². The van der Waals surface area contributed by atoms with Gasteiger partial charge in [0.05, 0.1) is 0 Å². The van der Waals surface area contributed by atoms with Crippen LogP contribution in [0.15, 0.2) is 97.1 Å².